The molecule has 1 atom stereocenters. The van der Waals surface area contributed by atoms with E-state index in [4.69, 9.17) is 5.73 Å². The number of benzene rings is 1. The Balaban J connectivity index is 1.49. The third-order valence-corrected chi connectivity index (χ3v) is 5.83. The molecule has 0 aliphatic carbocycles. The van der Waals surface area contributed by atoms with E-state index in [9.17, 15) is 14.4 Å². The maximum absolute atomic E-state index is 12.9. The zero-order valence-corrected chi connectivity index (χ0v) is 16.8. The highest BCUT2D eigenvalue weighted by atomic mass is 16.2. The standard InChI is InChI=1S/C22H20N6O3/c1-27-20(13-3-6-18(23)24-9-13)16(10-25-27)12-2-4-15-14(8-12)11-28(22(15)31)17-5-7-19(29)26-21(17)30/h2-4,6,8-10,17H,5,7,11H2,1H3,(H2,23,24)(H,26,29,30). The van der Waals surface area contributed by atoms with Crippen LogP contribution in [0.3, 0.4) is 0 Å². The summed E-state index contributed by atoms with van der Waals surface area (Å²) in [5.41, 5.74) is 10.7. The van der Waals surface area contributed by atoms with Crippen molar-refractivity contribution in [1.82, 2.24) is 25.0 Å². The van der Waals surface area contributed by atoms with Crippen LogP contribution in [0.2, 0.25) is 0 Å². The molecule has 4 heterocycles. The van der Waals surface area contributed by atoms with Gasteiger partial charge in [-0.2, -0.15) is 5.10 Å². The van der Waals surface area contributed by atoms with Crippen LogP contribution in [0.1, 0.15) is 28.8 Å². The van der Waals surface area contributed by atoms with Gasteiger partial charge in [-0.15, -0.1) is 0 Å². The Morgan fingerprint density at radius 3 is 2.61 bits per heavy atom. The first-order valence-corrected chi connectivity index (χ1v) is 9.94. The topological polar surface area (TPSA) is 123 Å². The third kappa shape index (κ3) is 3.14. The number of amides is 3. The molecule has 3 N–H and O–H groups in total. The first kappa shape index (κ1) is 19.0. The summed E-state index contributed by atoms with van der Waals surface area (Å²) >= 11 is 0. The van der Waals surface area contributed by atoms with E-state index >= 15 is 0 Å². The molecule has 0 spiro atoms. The lowest BCUT2D eigenvalue weighted by Gasteiger charge is -2.29. The minimum absolute atomic E-state index is 0.190. The monoisotopic (exact) mass is 416 g/mol. The van der Waals surface area contributed by atoms with Crippen LogP contribution in [-0.2, 0) is 23.2 Å². The lowest BCUT2D eigenvalue weighted by Crippen LogP contribution is -2.52. The molecule has 2 aliphatic rings. The number of nitrogens with two attached hydrogens (primary N) is 1. The fourth-order valence-corrected chi connectivity index (χ4v) is 4.28. The minimum Gasteiger partial charge on any atom is -0.384 e. The molecule has 1 fully saturated rings. The predicted molar refractivity (Wildman–Crippen MR) is 112 cm³/mol. The minimum atomic E-state index is -0.629. The Bertz CT molecular complexity index is 1230. The highest BCUT2D eigenvalue weighted by Crippen LogP contribution is 2.35. The summed E-state index contributed by atoms with van der Waals surface area (Å²) in [6, 6.07) is 8.64. The Kier molecular flexibility index (Phi) is 4.32. The molecule has 1 unspecified atom stereocenters. The number of nitrogen functional groups attached to an aromatic ring is 1. The first-order valence-electron chi connectivity index (χ1n) is 9.94. The Morgan fingerprint density at radius 1 is 1.06 bits per heavy atom. The van der Waals surface area contributed by atoms with Crippen LogP contribution in [0.4, 0.5) is 5.82 Å². The van der Waals surface area contributed by atoms with Gasteiger partial charge in [0.1, 0.15) is 11.9 Å². The van der Waals surface area contributed by atoms with Gasteiger partial charge in [-0.1, -0.05) is 6.07 Å². The summed E-state index contributed by atoms with van der Waals surface area (Å²) in [5.74, 6) is -0.459. The van der Waals surface area contributed by atoms with E-state index in [2.05, 4.69) is 15.4 Å². The largest absolute Gasteiger partial charge is 0.384 e. The van der Waals surface area contributed by atoms with Crippen LogP contribution in [0.5, 0.6) is 0 Å². The van der Waals surface area contributed by atoms with Crippen LogP contribution in [0.25, 0.3) is 22.4 Å². The smallest absolute Gasteiger partial charge is 0.255 e. The predicted octanol–water partition coefficient (Wildman–Crippen LogP) is 1.49. The molecule has 9 nitrogen and oxygen atoms in total. The summed E-state index contributed by atoms with van der Waals surface area (Å²) in [7, 11) is 1.86. The van der Waals surface area contributed by atoms with Gasteiger partial charge >= 0.3 is 0 Å². The van der Waals surface area contributed by atoms with E-state index in [0.29, 0.717) is 24.3 Å². The van der Waals surface area contributed by atoms with Gasteiger partial charge in [0, 0.05) is 42.9 Å². The van der Waals surface area contributed by atoms with E-state index in [1.165, 1.54) is 0 Å². The molecule has 0 bridgehead atoms. The number of aromatic nitrogens is 3. The van der Waals surface area contributed by atoms with Crippen molar-refractivity contribution in [1.29, 1.82) is 0 Å². The van der Waals surface area contributed by atoms with Gasteiger partial charge in [0.15, 0.2) is 0 Å². The number of carbonyl (C=O) groups is 3. The van der Waals surface area contributed by atoms with Crippen LogP contribution < -0.4 is 11.1 Å². The molecule has 2 aromatic heterocycles. The number of pyridine rings is 1. The second-order valence-electron chi connectivity index (χ2n) is 7.77. The molecular formula is C22H20N6O3. The Morgan fingerprint density at radius 2 is 1.87 bits per heavy atom. The first-order chi connectivity index (χ1) is 14.9. The molecular weight excluding hydrogens is 396 g/mol. The fraction of sp³-hybridized carbons (Fsp3) is 0.227. The highest BCUT2D eigenvalue weighted by Gasteiger charge is 2.39. The normalized spacial score (nSPS) is 18.3. The van der Waals surface area contributed by atoms with E-state index in [1.54, 1.807) is 34.1 Å². The molecule has 2 aliphatic heterocycles. The molecule has 3 amide bonds. The molecule has 156 valence electrons. The van der Waals surface area contributed by atoms with Gasteiger partial charge in [0.25, 0.3) is 5.91 Å². The van der Waals surface area contributed by atoms with Crippen molar-refractivity contribution in [2.45, 2.75) is 25.4 Å². The highest BCUT2D eigenvalue weighted by molar-refractivity contribution is 6.05. The van der Waals surface area contributed by atoms with Crippen LogP contribution in [0.15, 0.2) is 42.7 Å². The molecule has 3 aromatic rings. The second-order valence-corrected chi connectivity index (χ2v) is 7.77. The van der Waals surface area contributed by atoms with Crippen molar-refractivity contribution < 1.29 is 14.4 Å². The maximum atomic E-state index is 12.9. The lowest BCUT2D eigenvalue weighted by molar-refractivity contribution is -0.136. The SMILES string of the molecule is Cn1ncc(-c2ccc3c(c2)CN(C2CCC(=O)NC2=O)C3=O)c1-c1ccc(N)nc1. The lowest BCUT2D eigenvalue weighted by atomic mass is 9.98. The van der Waals surface area contributed by atoms with E-state index in [0.717, 1.165) is 27.9 Å². The average molecular weight is 416 g/mol. The number of hydrogen-bond donors (Lipinski definition) is 2. The Hall–Kier alpha value is -4.01. The number of rotatable bonds is 3. The van der Waals surface area contributed by atoms with Crippen molar-refractivity contribution in [3.05, 3.63) is 53.9 Å². The van der Waals surface area contributed by atoms with E-state index < -0.39 is 11.9 Å². The zero-order valence-electron chi connectivity index (χ0n) is 16.8. The van der Waals surface area contributed by atoms with Gasteiger partial charge in [0.2, 0.25) is 11.8 Å². The van der Waals surface area contributed by atoms with Crippen molar-refractivity contribution in [2.24, 2.45) is 7.05 Å². The Labute approximate surface area is 177 Å². The number of nitrogens with zero attached hydrogens (tertiary/aromatic N) is 4. The van der Waals surface area contributed by atoms with Gasteiger partial charge < -0.3 is 10.6 Å². The summed E-state index contributed by atoms with van der Waals surface area (Å²) in [5, 5.41) is 6.73. The maximum Gasteiger partial charge on any atom is 0.255 e. The van der Waals surface area contributed by atoms with Gasteiger partial charge in [-0.3, -0.25) is 24.4 Å². The number of aryl methyl sites for hydroxylation is 1. The van der Waals surface area contributed by atoms with Crippen molar-refractivity contribution in [3.63, 3.8) is 0 Å². The molecule has 9 heteroatoms. The van der Waals surface area contributed by atoms with Crippen molar-refractivity contribution in [2.75, 3.05) is 5.73 Å². The van der Waals surface area contributed by atoms with Crippen molar-refractivity contribution in [3.8, 4) is 22.4 Å². The number of anilines is 1. The average Bonchev–Trinajstić information content (AvgIpc) is 3.28. The number of imide groups is 1. The number of hydrogen-bond acceptors (Lipinski definition) is 6. The fourth-order valence-electron chi connectivity index (χ4n) is 4.28. The molecule has 31 heavy (non-hydrogen) atoms. The number of nitrogens with one attached hydrogen (secondary N) is 1. The molecule has 5 rings (SSSR count). The number of carbonyl (C=O) groups excluding carboxylic acids is 3. The van der Waals surface area contributed by atoms with E-state index in [1.807, 2.05) is 25.2 Å². The molecule has 1 saturated heterocycles. The van der Waals surface area contributed by atoms with Crippen LogP contribution >= 0.6 is 0 Å². The van der Waals surface area contributed by atoms with Crippen LogP contribution in [-0.4, -0.2) is 43.4 Å². The molecule has 1 aromatic carbocycles. The van der Waals surface area contributed by atoms with Gasteiger partial charge in [-0.25, -0.2) is 4.98 Å². The third-order valence-electron chi connectivity index (χ3n) is 5.83. The molecule has 0 saturated carbocycles. The van der Waals surface area contributed by atoms with Crippen LogP contribution in [0, 0.1) is 0 Å². The summed E-state index contributed by atoms with van der Waals surface area (Å²) in [4.78, 5) is 42.3. The number of piperidine rings is 1. The van der Waals surface area contributed by atoms with E-state index in [-0.39, 0.29) is 18.2 Å². The summed E-state index contributed by atoms with van der Waals surface area (Å²) in [6.07, 6.45) is 4.06. The number of fused-ring (bicyclic) bond motifs is 1. The summed E-state index contributed by atoms with van der Waals surface area (Å²) < 4.78 is 1.77. The summed E-state index contributed by atoms with van der Waals surface area (Å²) in [6.45, 7) is 0.327. The second kappa shape index (κ2) is 7.05. The van der Waals surface area contributed by atoms with Gasteiger partial charge in [-0.05, 0) is 41.8 Å². The molecule has 0 radical (unpaired) electrons. The van der Waals surface area contributed by atoms with Gasteiger partial charge in [0.05, 0.1) is 11.9 Å². The van der Waals surface area contributed by atoms with Crippen molar-refractivity contribution >= 4 is 23.5 Å². The zero-order chi connectivity index (χ0) is 21.7. The quantitative estimate of drug-likeness (QED) is 0.624.